The summed E-state index contributed by atoms with van der Waals surface area (Å²) in [7, 11) is 0. The highest BCUT2D eigenvalue weighted by molar-refractivity contribution is 9.09. The van der Waals surface area contributed by atoms with Crippen molar-refractivity contribution in [3.05, 3.63) is 0 Å². The molecule has 0 N–H and O–H groups in total. The van der Waals surface area contributed by atoms with E-state index in [9.17, 15) is 0 Å². The first-order chi connectivity index (χ1) is 4.95. The van der Waals surface area contributed by atoms with Crippen molar-refractivity contribution in [3.63, 3.8) is 0 Å². The average molecular weight is 221 g/mol. The lowest BCUT2D eigenvalue weighted by atomic mass is 9.84. The molecule has 1 atom stereocenters. The minimum Gasteiger partial charge on any atom is -0.0928 e. The number of hydrogen-bond donors (Lipinski definition) is 0. The van der Waals surface area contributed by atoms with E-state index in [1.54, 1.807) is 0 Å². The minimum absolute atomic E-state index is 0.506. The molecule has 0 saturated carbocycles. The van der Waals surface area contributed by atoms with Crippen molar-refractivity contribution in [1.29, 1.82) is 0 Å². The van der Waals surface area contributed by atoms with Crippen molar-refractivity contribution in [3.8, 4) is 0 Å². The predicted octanol–water partition coefficient (Wildman–Crippen LogP) is 4.23. The summed E-state index contributed by atoms with van der Waals surface area (Å²) in [5.74, 6) is 0.882. The maximum Gasteiger partial charge on any atom is 0.00314 e. The summed E-state index contributed by atoms with van der Waals surface area (Å²) in [5, 5.41) is 1.15. The second kappa shape index (κ2) is 5.18. The molecule has 0 aliphatic heterocycles. The smallest absolute Gasteiger partial charge is 0.00314 e. The molecule has 0 aromatic rings. The largest absolute Gasteiger partial charge is 0.0928 e. The minimum atomic E-state index is 0.506. The third-order valence-electron chi connectivity index (χ3n) is 1.79. The molecule has 1 unspecified atom stereocenters. The van der Waals surface area contributed by atoms with Gasteiger partial charge in [0.25, 0.3) is 0 Å². The van der Waals surface area contributed by atoms with Gasteiger partial charge < -0.3 is 0 Å². The van der Waals surface area contributed by atoms with Gasteiger partial charge in [-0.1, -0.05) is 43.6 Å². The zero-order chi connectivity index (χ0) is 8.91. The Hall–Kier alpha value is 0.480. The van der Waals surface area contributed by atoms with Gasteiger partial charge in [0, 0.05) is 5.33 Å². The normalized spacial score (nSPS) is 15.0. The van der Waals surface area contributed by atoms with Crippen LogP contribution in [-0.2, 0) is 0 Å². The number of alkyl halides is 1. The Balaban J connectivity index is 3.44. The summed E-state index contributed by atoms with van der Waals surface area (Å²) < 4.78 is 0. The molecule has 0 aliphatic carbocycles. The molecule has 0 bridgehead atoms. The van der Waals surface area contributed by atoms with E-state index >= 15 is 0 Å². The quantitative estimate of drug-likeness (QED) is 0.623. The molecular weight excluding hydrogens is 200 g/mol. The van der Waals surface area contributed by atoms with E-state index in [0.29, 0.717) is 5.41 Å². The monoisotopic (exact) mass is 220 g/mol. The maximum atomic E-state index is 3.46. The Labute approximate surface area is 79.9 Å². The first-order valence-electron chi connectivity index (χ1n) is 4.51. The van der Waals surface area contributed by atoms with Crippen LogP contribution >= 0.6 is 15.9 Å². The first kappa shape index (κ1) is 11.5. The number of rotatable bonds is 4. The van der Waals surface area contributed by atoms with E-state index < -0.39 is 0 Å². The summed E-state index contributed by atoms with van der Waals surface area (Å²) >= 11 is 3.46. The lowest BCUT2D eigenvalue weighted by molar-refractivity contribution is 0.296. The van der Waals surface area contributed by atoms with Crippen LogP contribution in [-0.4, -0.2) is 5.33 Å². The maximum absolute atomic E-state index is 3.46. The van der Waals surface area contributed by atoms with E-state index in [-0.39, 0.29) is 0 Å². The van der Waals surface area contributed by atoms with Crippen LogP contribution in [0.25, 0.3) is 0 Å². The van der Waals surface area contributed by atoms with Crippen molar-refractivity contribution >= 4 is 15.9 Å². The van der Waals surface area contributed by atoms with Gasteiger partial charge in [0.05, 0.1) is 0 Å². The summed E-state index contributed by atoms with van der Waals surface area (Å²) in [4.78, 5) is 0. The van der Waals surface area contributed by atoms with Gasteiger partial charge in [0.2, 0.25) is 0 Å². The summed E-state index contributed by atoms with van der Waals surface area (Å²) in [5.41, 5.74) is 0.506. The highest BCUT2D eigenvalue weighted by Crippen LogP contribution is 2.26. The van der Waals surface area contributed by atoms with Gasteiger partial charge in [-0.15, -0.1) is 0 Å². The van der Waals surface area contributed by atoms with Crippen LogP contribution in [0.2, 0.25) is 0 Å². The number of halogens is 1. The van der Waals surface area contributed by atoms with E-state index in [0.717, 1.165) is 11.2 Å². The second-order valence-electron chi connectivity index (χ2n) is 4.70. The number of hydrogen-bond acceptors (Lipinski definition) is 0. The Morgan fingerprint density at radius 2 is 1.82 bits per heavy atom. The summed E-state index contributed by atoms with van der Waals surface area (Å²) in [6.07, 6.45) is 4.03. The van der Waals surface area contributed by atoms with Gasteiger partial charge in [-0.05, 0) is 30.6 Å². The van der Waals surface area contributed by atoms with Crippen molar-refractivity contribution in [2.45, 2.75) is 47.0 Å². The molecule has 0 fully saturated rings. The lowest BCUT2D eigenvalue weighted by Gasteiger charge is -2.22. The van der Waals surface area contributed by atoms with Crippen LogP contribution in [0.4, 0.5) is 0 Å². The van der Waals surface area contributed by atoms with Crippen LogP contribution in [0.15, 0.2) is 0 Å². The fourth-order valence-corrected chi connectivity index (χ4v) is 1.90. The van der Waals surface area contributed by atoms with Gasteiger partial charge in [-0.3, -0.25) is 0 Å². The predicted molar refractivity (Wildman–Crippen MR) is 56.3 cm³/mol. The highest BCUT2D eigenvalue weighted by atomic mass is 79.9. The standard InChI is InChI=1S/C10H21Br/c1-9(6-5-7-11)8-10(2,3)4/h9H,5-8H2,1-4H3. The van der Waals surface area contributed by atoms with Gasteiger partial charge in [-0.25, -0.2) is 0 Å². The van der Waals surface area contributed by atoms with Crippen LogP contribution in [0.5, 0.6) is 0 Å². The van der Waals surface area contributed by atoms with E-state index in [1.165, 1.54) is 19.3 Å². The van der Waals surface area contributed by atoms with Gasteiger partial charge in [0.1, 0.15) is 0 Å². The molecule has 0 saturated heterocycles. The third kappa shape index (κ3) is 8.39. The molecule has 0 rings (SSSR count). The van der Waals surface area contributed by atoms with E-state index in [2.05, 4.69) is 43.6 Å². The molecule has 0 aliphatic rings. The van der Waals surface area contributed by atoms with Gasteiger partial charge >= 0.3 is 0 Å². The van der Waals surface area contributed by atoms with Gasteiger partial charge in [-0.2, -0.15) is 0 Å². The van der Waals surface area contributed by atoms with Crippen molar-refractivity contribution in [2.75, 3.05) is 5.33 Å². The van der Waals surface area contributed by atoms with Crippen LogP contribution < -0.4 is 0 Å². The molecule has 68 valence electrons. The average Bonchev–Trinajstić information content (AvgIpc) is 1.79. The molecule has 0 radical (unpaired) electrons. The fourth-order valence-electron chi connectivity index (χ4n) is 1.57. The molecule has 11 heavy (non-hydrogen) atoms. The van der Waals surface area contributed by atoms with Crippen molar-refractivity contribution in [1.82, 2.24) is 0 Å². The third-order valence-corrected chi connectivity index (χ3v) is 2.35. The first-order valence-corrected chi connectivity index (χ1v) is 5.64. The second-order valence-corrected chi connectivity index (χ2v) is 5.49. The Kier molecular flexibility index (Phi) is 5.41. The van der Waals surface area contributed by atoms with E-state index in [4.69, 9.17) is 0 Å². The van der Waals surface area contributed by atoms with Crippen LogP contribution in [0.1, 0.15) is 47.0 Å². The van der Waals surface area contributed by atoms with Crippen LogP contribution in [0, 0.1) is 11.3 Å². The molecule has 0 heterocycles. The zero-order valence-electron chi connectivity index (χ0n) is 8.28. The topological polar surface area (TPSA) is 0 Å². The van der Waals surface area contributed by atoms with Crippen molar-refractivity contribution < 1.29 is 0 Å². The fraction of sp³-hybridized carbons (Fsp3) is 1.00. The summed E-state index contributed by atoms with van der Waals surface area (Å²) in [6.45, 7) is 9.31. The zero-order valence-corrected chi connectivity index (χ0v) is 9.87. The van der Waals surface area contributed by atoms with Gasteiger partial charge in [0.15, 0.2) is 0 Å². The Morgan fingerprint density at radius 1 is 1.27 bits per heavy atom. The Bertz CT molecular complexity index is 91.5. The van der Waals surface area contributed by atoms with E-state index in [1.807, 2.05) is 0 Å². The molecule has 0 aromatic carbocycles. The molecular formula is C10H21Br. The molecule has 0 spiro atoms. The van der Waals surface area contributed by atoms with Crippen molar-refractivity contribution in [2.24, 2.45) is 11.3 Å². The lowest BCUT2D eigenvalue weighted by Crippen LogP contribution is -2.10. The Morgan fingerprint density at radius 3 is 2.18 bits per heavy atom. The molecule has 0 nitrogen and oxygen atoms in total. The highest BCUT2D eigenvalue weighted by Gasteiger charge is 2.14. The molecule has 1 heteroatoms. The molecule has 0 aromatic heterocycles. The van der Waals surface area contributed by atoms with Crippen LogP contribution in [0.3, 0.4) is 0 Å². The molecule has 0 amide bonds. The SMILES string of the molecule is CC(CCCBr)CC(C)(C)C. The summed E-state index contributed by atoms with van der Waals surface area (Å²) in [6, 6.07) is 0.